The molecule has 19 heavy (non-hydrogen) atoms. The van der Waals surface area contributed by atoms with E-state index in [1.165, 1.54) is 6.92 Å². The minimum absolute atomic E-state index is 0.0621. The highest BCUT2D eigenvalue weighted by Crippen LogP contribution is 2.26. The number of hydrogen-bond donors (Lipinski definition) is 1. The van der Waals surface area contributed by atoms with Crippen LogP contribution in [0.4, 0.5) is 0 Å². The van der Waals surface area contributed by atoms with E-state index in [2.05, 4.69) is 5.32 Å². The van der Waals surface area contributed by atoms with Crippen LogP contribution in [0.5, 0.6) is 0 Å². The number of nitrogens with one attached hydrogen (secondary N) is 1. The summed E-state index contributed by atoms with van der Waals surface area (Å²) in [5.41, 5.74) is 0. The van der Waals surface area contributed by atoms with Crippen LogP contribution in [-0.2, 0) is 19.1 Å². The molecule has 6 heteroatoms. The number of fused-ring (bicyclic) bond motifs is 1. The molecule has 106 valence electrons. The third-order valence-corrected chi connectivity index (χ3v) is 3.50. The first-order valence-corrected chi connectivity index (χ1v) is 6.66. The van der Waals surface area contributed by atoms with E-state index in [1.807, 2.05) is 13.8 Å². The molecule has 0 saturated carbocycles. The molecule has 2 aliphatic heterocycles. The lowest BCUT2D eigenvalue weighted by Gasteiger charge is -2.34. The van der Waals surface area contributed by atoms with Gasteiger partial charge < -0.3 is 15.0 Å². The van der Waals surface area contributed by atoms with Crippen LogP contribution in [-0.4, -0.2) is 47.4 Å². The first-order chi connectivity index (χ1) is 8.88. The molecule has 0 aromatic heterocycles. The van der Waals surface area contributed by atoms with E-state index in [4.69, 9.17) is 4.74 Å². The Morgan fingerprint density at radius 2 is 2.16 bits per heavy atom. The molecule has 2 amide bonds. The fourth-order valence-corrected chi connectivity index (χ4v) is 2.77. The van der Waals surface area contributed by atoms with Crippen LogP contribution in [0.15, 0.2) is 0 Å². The summed E-state index contributed by atoms with van der Waals surface area (Å²) in [6.07, 6.45) is 0.660. The molecule has 0 aliphatic carbocycles. The summed E-state index contributed by atoms with van der Waals surface area (Å²) in [6, 6.07) is -0.930. The van der Waals surface area contributed by atoms with Crippen molar-refractivity contribution in [2.45, 2.75) is 51.8 Å². The van der Waals surface area contributed by atoms with Gasteiger partial charge in [-0.3, -0.25) is 14.4 Å². The zero-order chi connectivity index (χ0) is 14.2. The summed E-state index contributed by atoms with van der Waals surface area (Å²) in [6.45, 7) is 5.68. The van der Waals surface area contributed by atoms with E-state index in [9.17, 15) is 14.4 Å². The molecule has 2 heterocycles. The fourth-order valence-electron chi connectivity index (χ4n) is 2.77. The molecular formula is C13H20N2O4. The van der Waals surface area contributed by atoms with Crippen molar-refractivity contribution in [2.24, 2.45) is 5.92 Å². The highest BCUT2D eigenvalue weighted by atomic mass is 16.5. The topological polar surface area (TPSA) is 75.7 Å². The number of hydrogen-bond acceptors (Lipinski definition) is 4. The van der Waals surface area contributed by atoms with Gasteiger partial charge in [0.1, 0.15) is 18.2 Å². The van der Waals surface area contributed by atoms with E-state index >= 15 is 0 Å². The molecule has 0 aromatic carbocycles. The highest BCUT2D eigenvalue weighted by Gasteiger charge is 2.47. The van der Waals surface area contributed by atoms with Crippen LogP contribution in [0.1, 0.15) is 33.6 Å². The van der Waals surface area contributed by atoms with Crippen molar-refractivity contribution in [1.29, 1.82) is 0 Å². The maximum absolute atomic E-state index is 12.3. The smallest absolute Gasteiger partial charge is 0.302 e. The van der Waals surface area contributed by atoms with E-state index in [0.29, 0.717) is 25.3 Å². The van der Waals surface area contributed by atoms with Crippen LogP contribution < -0.4 is 5.32 Å². The average Bonchev–Trinajstić information content (AvgIpc) is 2.68. The van der Waals surface area contributed by atoms with E-state index in [-0.39, 0.29) is 23.9 Å². The second-order valence-corrected chi connectivity index (χ2v) is 5.66. The summed E-state index contributed by atoms with van der Waals surface area (Å²) in [5.74, 6) is -0.248. The van der Waals surface area contributed by atoms with E-state index in [1.54, 1.807) is 4.90 Å². The minimum Gasteiger partial charge on any atom is -0.461 e. The summed E-state index contributed by atoms with van der Waals surface area (Å²) >= 11 is 0. The van der Waals surface area contributed by atoms with Gasteiger partial charge in [-0.05, 0) is 12.3 Å². The van der Waals surface area contributed by atoms with Crippen molar-refractivity contribution in [3.05, 3.63) is 0 Å². The lowest BCUT2D eigenvalue weighted by Crippen LogP contribution is -2.61. The van der Waals surface area contributed by atoms with Crippen molar-refractivity contribution < 1.29 is 19.1 Å². The monoisotopic (exact) mass is 268 g/mol. The molecule has 0 spiro atoms. The molecule has 0 aromatic rings. The predicted molar refractivity (Wildman–Crippen MR) is 67.1 cm³/mol. The Hall–Kier alpha value is -1.59. The number of carbonyl (C=O) groups is 3. The van der Waals surface area contributed by atoms with Crippen molar-refractivity contribution in [1.82, 2.24) is 10.2 Å². The van der Waals surface area contributed by atoms with Crippen LogP contribution in [0, 0.1) is 5.92 Å². The summed E-state index contributed by atoms with van der Waals surface area (Å²) in [7, 11) is 0. The van der Waals surface area contributed by atoms with Gasteiger partial charge in [-0.1, -0.05) is 13.8 Å². The SMILES string of the molecule is CC(=O)O[C@@H]1C[C@H]2C(=O)N[C@@H](CC(C)C)C(=O)N2C1. The van der Waals surface area contributed by atoms with E-state index in [0.717, 1.165) is 0 Å². The lowest BCUT2D eigenvalue weighted by molar-refractivity contribution is -0.148. The third-order valence-electron chi connectivity index (χ3n) is 3.50. The number of rotatable bonds is 3. The number of amides is 2. The Kier molecular flexibility index (Phi) is 3.78. The predicted octanol–water partition coefficient (Wildman–Crippen LogP) is 0.0635. The minimum atomic E-state index is -0.486. The van der Waals surface area contributed by atoms with Crippen molar-refractivity contribution in [3.63, 3.8) is 0 Å². The molecule has 2 fully saturated rings. The zero-order valence-corrected chi connectivity index (χ0v) is 11.5. The molecular weight excluding hydrogens is 248 g/mol. The number of ether oxygens (including phenoxy) is 1. The molecule has 0 bridgehead atoms. The maximum atomic E-state index is 12.3. The second kappa shape index (κ2) is 5.19. The Balaban J connectivity index is 2.07. The first kappa shape index (κ1) is 13.8. The van der Waals surface area contributed by atoms with Crippen molar-refractivity contribution >= 4 is 17.8 Å². The van der Waals surface area contributed by atoms with Gasteiger partial charge in [0, 0.05) is 13.3 Å². The van der Waals surface area contributed by atoms with Gasteiger partial charge in [0.05, 0.1) is 6.54 Å². The molecule has 3 atom stereocenters. The van der Waals surface area contributed by atoms with Crippen LogP contribution in [0.25, 0.3) is 0 Å². The van der Waals surface area contributed by atoms with Crippen molar-refractivity contribution in [3.8, 4) is 0 Å². The van der Waals surface area contributed by atoms with Crippen LogP contribution in [0.3, 0.4) is 0 Å². The summed E-state index contributed by atoms with van der Waals surface area (Å²) < 4.78 is 5.10. The number of nitrogens with zero attached hydrogens (tertiary/aromatic N) is 1. The zero-order valence-electron chi connectivity index (χ0n) is 11.5. The second-order valence-electron chi connectivity index (χ2n) is 5.66. The van der Waals surface area contributed by atoms with E-state index < -0.39 is 12.1 Å². The Bertz CT molecular complexity index is 407. The summed E-state index contributed by atoms with van der Waals surface area (Å²) in [4.78, 5) is 36.8. The molecule has 1 N–H and O–H groups in total. The highest BCUT2D eigenvalue weighted by molar-refractivity contribution is 5.97. The molecule has 6 nitrogen and oxygen atoms in total. The molecule has 2 saturated heterocycles. The molecule has 2 aliphatic rings. The molecule has 0 unspecified atom stereocenters. The van der Waals surface area contributed by atoms with Gasteiger partial charge in [-0.15, -0.1) is 0 Å². The molecule has 0 radical (unpaired) electrons. The Morgan fingerprint density at radius 3 is 2.74 bits per heavy atom. The average molecular weight is 268 g/mol. The molecule has 2 rings (SSSR count). The van der Waals surface area contributed by atoms with Gasteiger partial charge in [-0.2, -0.15) is 0 Å². The first-order valence-electron chi connectivity index (χ1n) is 6.66. The lowest BCUT2D eigenvalue weighted by atomic mass is 9.99. The van der Waals surface area contributed by atoms with Gasteiger partial charge in [-0.25, -0.2) is 0 Å². The Labute approximate surface area is 112 Å². The van der Waals surface area contributed by atoms with Gasteiger partial charge in [0.25, 0.3) is 0 Å². The van der Waals surface area contributed by atoms with Crippen LogP contribution >= 0.6 is 0 Å². The largest absolute Gasteiger partial charge is 0.461 e. The Morgan fingerprint density at radius 1 is 1.47 bits per heavy atom. The summed E-state index contributed by atoms with van der Waals surface area (Å²) in [5, 5.41) is 2.77. The van der Waals surface area contributed by atoms with Gasteiger partial charge in [0.2, 0.25) is 11.8 Å². The standard InChI is InChI=1S/C13H20N2O4/c1-7(2)4-10-13(18)15-6-9(19-8(3)16)5-11(15)12(17)14-10/h7,9-11H,4-6H2,1-3H3,(H,14,17)/t9-,10+,11+/m1/s1. The van der Waals surface area contributed by atoms with Crippen molar-refractivity contribution in [2.75, 3.05) is 6.54 Å². The number of carbonyl (C=O) groups excluding carboxylic acids is 3. The fraction of sp³-hybridized carbons (Fsp3) is 0.769. The third kappa shape index (κ3) is 2.88. The quantitative estimate of drug-likeness (QED) is 0.735. The number of piperazine rings is 1. The number of esters is 1. The van der Waals surface area contributed by atoms with Gasteiger partial charge >= 0.3 is 5.97 Å². The van der Waals surface area contributed by atoms with Crippen LogP contribution in [0.2, 0.25) is 0 Å². The maximum Gasteiger partial charge on any atom is 0.302 e. The normalized spacial score (nSPS) is 30.3. The van der Waals surface area contributed by atoms with Gasteiger partial charge in [0.15, 0.2) is 0 Å².